The van der Waals surface area contributed by atoms with E-state index < -0.39 is 16.8 Å². The molecule has 0 saturated heterocycles. The molecule has 0 spiro atoms. The molecule has 0 bridgehead atoms. The molecule has 21 heavy (non-hydrogen) atoms. The molecule has 2 rings (SSSR count). The number of ether oxygens (including phenoxy) is 1. The maximum absolute atomic E-state index is 13.3. The summed E-state index contributed by atoms with van der Waals surface area (Å²) in [7, 11) is 2.21. The molecule has 0 N–H and O–H groups in total. The predicted molar refractivity (Wildman–Crippen MR) is 85.7 cm³/mol. The Morgan fingerprint density at radius 3 is 2.52 bits per heavy atom. The first-order valence-corrected chi connectivity index (χ1v) is 8.17. The summed E-state index contributed by atoms with van der Waals surface area (Å²) in [6.45, 7) is 0. The van der Waals surface area contributed by atoms with Crippen molar-refractivity contribution in [2.24, 2.45) is 0 Å². The number of nitrogens with zero attached hydrogens (tertiary/aromatic N) is 1. The average Bonchev–Trinajstić information content (AvgIpc) is 2.39. The van der Waals surface area contributed by atoms with Crippen LogP contribution in [0, 0.1) is 5.82 Å². The summed E-state index contributed by atoms with van der Waals surface area (Å²) in [6.07, 6.45) is 0. The summed E-state index contributed by atoms with van der Waals surface area (Å²) in [5.41, 5.74) is 0. The zero-order valence-electron chi connectivity index (χ0n) is 11.3. The molecule has 2 aromatic rings. The van der Waals surface area contributed by atoms with E-state index in [0.717, 1.165) is 0 Å². The Hall–Kier alpha value is -0.950. The second kappa shape index (κ2) is 6.87. The monoisotopic (exact) mass is 391 g/mol. The van der Waals surface area contributed by atoms with Crippen LogP contribution in [0.3, 0.4) is 0 Å². The molecule has 0 aromatic heterocycles. The molecule has 7 heteroatoms. The van der Waals surface area contributed by atoms with Gasteiger partial charge in [-0.3, -0.25) is 0 Å². The zero-order chi connectivity index (χ0) is 15.6. The van der Waals surface area contributed by atoms with Gasteiger partial charge in [-0.15, -0.1) is 0 Å². The van der Waals surface area contributed by atoms with Crippen LogP contribution in [0.1, 0.15) is 0 Å². The van der Waals surface area contributed by atoms with Gasteiger partial charge in [-0.05, 0) is 60.4 Å². The summed E-state index contributed by atoms with van der Waals surface area (Å²) in [6, 6.07) is 9.02. The maximum atomic E-state index is 13.3. The molecule has 1 unspecified atom stereocenters. The first-order valence-electron chi connectivity index (χ1n) is 5.89. The first kappa shape index (κ1) is 16.4. The van der Waals surface area contributed by atoms with Crippen molar-refractivity contribution in [2.45, 2.75) is 4.90 Å². The van der Waals surface area contributed by atoms with Gasteiger partial charge in [0.15, 0.2) is 0 Å². The van der Waals surface area contributed by atoms with Gasteiger partial charge in [0.1, 0.15) is 28.3 Å². The minimum absolute atomic E-state index is 0.256. The number of benzene rings is 2. The van der Waals surface area contributed by atoms with Gasteiger partial charge < -0.3 is 4.74 Å². The Bertz CT molecular complexity index is 676. The van der Waals surface area contributed by atoms with Crippen LogP contribution in [0.25, 0.3) is 0 Å². The Kier molecular flexibility index (Phi) is 5.37. The fourth-order valence-electron chi connectivity index (χ4n) is 1.60. The molecule has 0 heterocycles. The largest absolute Gasteiger partial charge is 0.456 e. The van der Waals surface area contributed by atoms with Crippen LogP contribution in [0.4, 0.5) is 4.39 Å². The van der Waals surface area contributed by atoms with Crippen LogP contribution >= 0.6 is 27.5 Å². The van der Waals surface area contributed by atoms with E-state index in [1.807, 2.05) is 0 Å². The normalized spacial score (nSPS) is 12.5. The third kappa shape index (κ3) is 4.26. The van der Waals surface area contributed by atoms with Gasteiger partial charge in [0.2, 0.25) is 0 Å². The van der Waals surface area contributed by atoms with Crippen LogP contribution in [0.2, 0.25) is 5.02 Å². The highest BCUT2D eigenvalue weighted by Gasteiger charge is 2.11. The summed E-state index contributed by atoms with van der Waals surface area (Å²) < 4.78 is 33.0. The summed E-state index contributed by atoms with van der Waals surface area (Å²) in [5.74, 6) is 0.303. The highest BCUT2D eigenvalue weighted by atomic mass is 79.9. The topological polar surface area (TPSA) is 29.5 Å². The van der Waals surface area contributed by atoms with Gasteiger partial charge >= 0.3 is 0 Å². The third-order valence-corrected chi connectivity index (χ3v) is 4.66. The van der Waals surface area contributed by atoms with E-state index in [-0.39, 0.29) is 5.02 Å². The lowest BCUT2D eigenvalue weighted by molar-refractivity contribution is 0.473. The zero-order valence-corrected chi connectivity index (χ0v) is 14.4. The molecular formula is C14H12BrClFNO2S. The van der Waals surface area contributed by atoms with Crippen molar-refractivity contribution in [1.82, 2.24) is 4.31 Å². The second-order valence-electron chi connectivity index (χ2n) is 4.36. The first-order chi connectivity index (χ1) is 9.86. The molecule has 0 amide bonds. The van der Waals surface area contributed by atoms with E-state index in [9.17, 15) is 8.60 Å². The minimum atomic E-state index is -1.24. The Morgan fingerprint density at radius 1 is 1.24 bits per heavy atom. The lowest BCUT2D eigenvalue weighted by atomic mass is 10.3. The van der Waals surface area contributed by atoms with Crippen molar-refractivity contribution in [3.8, 4) is 11.5 Å². The van der Waals surface area contributed by atoms with E-state index in [0.29, 0.717) is 20.9 Å². The van der Waals surface area contributed by atoms with Crippen LogP contribution in [0.15, 0.2) is 45.8 Å². The van der Waals surface area contributed by atoms with Gasteiger partial charge in [0, 0.05) is 11.1 Å². The predicted octanol–water partition coefficient (Wildman–Crippen LogP) is 4.62. The highest BCUT2D eigenvalue weighted by molar-refractivity contribution is 9.10. The highest BCUT2D eigenvalue weighted by Crippen LogP contribution is 2.32. The molecule has 0 aliphatic carbocycles. The second-order valence-corrected chi connectivity index (χ2v) is 7.35. The van der Waals surface area contributed by atoms with E-state index >= 15 is 0 Å². The molecule has 0 aliphatic rings. The van der Waals surface area contributed by atoms with Crippen molar-refractivity contribution >= 4 is 38.5 Å². The quantitative estimate of drug-likeness (QED) is 0.760. The molecule has 0 saturated carbocycles. The smallest absolute Gasteiger partial charge is 0.141 e. The minimum Gasteiger partial charge on any atom is -0.456 e. The summed E-state index contributed by atoms with van der Waals surface area (Å²) in [4.78, 5) is 0.636. The Balaban J connectivity index is 2.27. The lowest BCUT2D eigenvalue weighted by Gasteiger charge is -2.12. The van der Waals surface area contributed by atoms with E-state index in [4.69, 9.17) is 16.3 Å². The lowest BCUT2D eigenvalue weighted by Crippen LogP contribution is -2.15. The maximum Gasteiger partial charge on any atom is 0.141 e. The number of hydrogen-bond donors (Lipinski definition) is 0. The number of rotatable bonds is 4. The van der Waals surface area contributed by atoms with Crippen LogP contribution in [-0.2, 0) is 11.0 Å². The standard InChI is InChI=1S/C14H12BrClFNO2S/c1-18(2)21(19)12-3-4-14(13(15)8-12)20-11-6-9(16)5-10(17)7-11/h3-8H,1-2H3. The molecule has 0 fully saturated rings. The van der Waals surface area contributed by atoms with Gasteiger partial charge in [-0.1, -0.05) is 11.6 Å². The van der Waals surface area contributed by atoms with Gasteiger partial charge in [-0.2, -0.15) is 0 Å². The van der Waals surface area contributed by atoms with Gasteiger partial charge in [0.05, 0.1) is 9.37 Å². The van der Waals surface area contributed by atoms with E-state index in [1.165, 1.54) is 18.2 Å². The van der Waals surface area contributed by atoms with Crippen molar-refractivity contribution in [3.63, 3.8) is 0 Å². The van der Waals surface area contributed by atoms with E-state index in [1.54, 1.807) is 36.6 Å². The van der Waals surface area contributed by atoms with Crippen molar-refractivity contribution in [3.05, 3.63) is 51.7 Å². The molecule has 112 valence electrons. The summed E-state index contributed by atoms with van der Waals surface area (Å²) in [5, 5.41) is 0.256. The summed E-state index contributed by atoms with van der Waals surface area (Å²) >= 11 is 9.13. The average molecular weight is 393 g/mol. The molecule has 1 atom stereocenters. The fraction of sp³-hybridized carbons (Fsp3) is 0.143. The molecule has 0 aliphatic heterocycles. The van der Waals surface area contributed by atoms with Crippen LogP contribution in [0.5, 0.6) is 11.5 Å². The Labute approximate surface area is 138 Å². The Morgan fingerprint density at radius 2 is 1.95 bits per heavy atom. The van der Waals surface area contributed by atoms with Gasteiger partial charge in [-0.25, -0.2) is 12.9 Å². The molecule has 0 radical (unpaired) electrons. The molecule has 3 nitrogen and oxygen atoms in total. The van der Waals surface area contributed by atoms with Crippen molar-refractivity contribution in [1.29, 1.82) is 0 Å². The fourth-order valence-corrected chi connectivity index (χ4v) is 3.25. The van der Waals surface area contributed by atoms with E-state index in [2.05, 4.69) is 15.9 Å². The number of hydrogen-bond acceptors (Lipinski definition) is 2. The van der Waals surface area contributed by atoms with Gasteiger partial charge in [0.25, 0.3) is 0 Å². The SMILES string of the molecule is CN(C)S(=O)c1ccc(Oc2cc(F)cc(Cl)c2)c(Br)c1. The van der Waals surface area contributed by atoms with Crippen molar-refractivity contribution < 1.29 is 13.3 Å². The van der Waals surface area contributed by atoms with Crippen LogP contribution in [-0.4, -0.2) is 22.6 Å². The van der Waals surface area contributed by atoms with Crippen LogP contribution < -0.4 is 4.74 Å². The molecular weight excluding hydrogens is 381 g/mol. The van der Waals surface area contributed by atoms with Crippen molar-refractivity contribution in [2.75, 3.05) is 14.1 Å². The number of halogens is 3. The third-order valence-electron chi connectivity index (χ3n) is 2.50. The molecule has 2 aromatic carbocycles.